The number of nitrogens with zero attached hydrogens (tertiary/aromatic N) is 2. The fourth-order valence-corrected chi connectivity index (χ4v) is 2.19. The van der Waals surface area contributed by atoms with E-state index < -0.39 is 0 Å². The Morgan fingerprint density at radius 1 is 0.850 bits per heavy atom. The van der Waals surface area contributed by atoms with Gasteiger partial charge in [-0.25, -0.2) is 9.97 Å². The van der Waals surface area contributed by atoms with Crippen LogP contribution in [0.5, 0.6) is 0 Å². The molecule has 0 aliphatic carbocycles. The van der Waals surface area contributed by atoms with Gasteiger partial charge in [0.25, 0.3) is 0 Å². The first-order valence-corrected chi connectivity index (χ1v) is 6.69. The molecular formula is C17H17N3. The number of aryl methyl sites for hydroxylation is 3. The Bertz CT molecular complexity index is 761. The van der Waals surface area contributed by atoms with Gasteiger partial charge in [0, 0.05) is 11.1 Å². The summed E-state index contributed by atoms with van der Waals surface area (Å²) >= 11 is 0. The van der Waals surface area contributed by atoms with Crippen molar-refractivity contribution in [3.05, 3.63) is 59.4 Å². The molecule has 0 unspecified atom stereocenters. The van der Waals surface area contributed by atoms with Crippen molar-refractivity contribution < 1.29 is 0 Å². The maximum Gasteiger partial charge on any atom is 0.141 e. The topological polar surface area (TPSA) is 37.8 Å². The van der Waals surface area contributed by atoms with Crippen molar-refractivity contribution in [2.24, 2.45) is 0 Å². The Labute approximate surface area is 118 Å². The molecule has 20 heavy (non-hydrogen) atoms. The highest BCUT2D eigenvalue weighted by molar-refractivity contribution is 5.91. The quantitative estimate of drug-likeness (QED) is 0.749. The Kier molecular flexibility index (Phi) is 3.11. The largest absolute Gasteiger partial charge is 0.340 e. The molecule has 1 heterocycles. The molecule has 1 aromatic heterocycles. The molecule has 3 heteroatoms. The van der Waals surface area contributed by atoms with Crippen LogP contribution < -0.4 is 5.32 Å². The van der Waals surface area contributed by atoms with Crippen LogP contribution in [0.1, 0.15) is 16.7 Å². The minimum Gasteiger partial charge on any atom is -0.340 e. The van der Waals surface area contributed by atoms with E-state index >= 15 is 0 Å². The van der Waals surface area contributed by atoms with E-state index in [9.17, 15) is 0 Å². The van der Waals surface area contributed by atoms with Gasteiger partial charge >= 0.3 is 0 Å². The van der Waals surface area contributed by atoms with Crippen LogP contribution in [-0.2, 0) is 0 Å². The summed E-state index contributed by atoms with van der Waals surface area (Å²) in [6.07, 6.45) is 1.60. The molecule has 0 aliphatic rings. The van der Waals surface area contributed by atoms with Crippen molar-refractivity contribution in [2.45, 2.75) is 20.8 Å². The molecule has 0 bridgehead atoms. The lowest BCUT2D eigenvalue weighted by Gasteiger charge is -2.10. The summed E-state index contributed by atoms with van der Waals surface area (Å²) in [5.74, 6) is 0.849. The van der Waals surface area contributed by atoms with Gasteiger partial charge in [0.1, 0.15) is 12.1 Å². The fourth-order valence-electron chi connectivity index (χ4n) is 2.19. The van der Waals surface area contributed by atoms with Crippen molar-refractivity contribution in [1.82, 2.24) is 9.97 Å². The summed E-state index contributed by atoms with van der Waals surface area (Å²) in [6, 6.07) is 12.5. The smallest absolute Gasteiger partial charge is 0.141 e. The van der Waals surface area contributed by atoms with E-state index in [0.29, 0.717) is 0 Å². The molecule has 0 aliphatic heterocycles. The zero-order valence-electron chi connectivity index (χ0n) is 11.9. The minimum atomic E-state index is 0.849. The molecule has 3 aromatic rings. The first kappa shape index (κ1) is 12.6. The average Bonchev–Trinajstić information content (AvgIpc) is 2.43. The van der Waals surface area contributed by atoms with Gasteiger partial charge in [-0.15, -0.1) is 0 Å². The molecule has 0 saturated heterocycles. The normalized spacial score (nSPS) is 10.8. The van der Waals surface area contributed by atoms with Gasteiger partial charge in [0.05, 0.1) is 5.52 Å². The summed E-state index contributed by atoms with van der Waals surface area (Å²) in [7, 11) is 0. The second kappa shape index (κ2) is 4.93. The fraction of sp³-hybridized carbons (Fsp3) is 0.176. The SMILES string of the molecule is Cc1ccc(Nc2ncnc3cc(C)c(C)cc23)cc1. The highest BCUT2D eigenvalue weighted by Crippen LogP contribution is 2.25. The van der Waals surface area contributed by atoms with Crippen LogP contribution in [0, 0.1) is 20.8 Å². The summed E-state index contributed by atoms with van der Waals surface area (Å²) in [5.41, 5.74) is 5.75. The molecule has 100 valence electrons. The maximum atomic E-state index is 4.37. The number of anilines is 2. The van der Waals surface area contributed by atoms with Gasteiger partial charge in [0.2, 0.25) is 0 Å². The third kappa shape index (κ3) is 2.35. The minimum absolute atomic E-state index is 0.849. The van der Waals surface area contributed by atoms with E-state index in [1.54, 1.807) is 6.33 Å². The first-order valence-electron chi connectivity index (χ1n) is 6.69. The van der Waals surface area contributed by atoms with E-state index in [0.717, 1.165) is 22.4 Å². The molecular weight excluding hydrogens is 246 g/mol. The van der Waals surface area contributed by atoms with Crippen LogP contribution in [0.3, 0.4) is 0 Å². The number of rotatable bonds is 2. The predicted octanol–water partition coefficient (Wildman–Crippen LogP) is 4.30. The van der Waals surface area contributed by atoms with Crippen molar-refractivity contribution >= 4 is 22.4 Å². The third-order valence-electron chi connectivity index (χ3n) is 3.57. The zero-order valence-corrected chi connectivity index (χ0v) is 11.9. The van der Waals surface area contributed by atoms with Crippen molar-refractivity contribution in [1.29, 1.82) is 0 Å². The standard InChI is InChI=1S/C17H17N3/c1-11-4-6-14(7-5-11)20-17-15-8-12(2)13(3)9-16(15)18-10-19-17/h4-10H,1-3H3,(H,18,19,20). The Balaban J connectivity index is 2.07. The lowest BCUT2D eigenvalue weighted by Crippen LogP contribution is -1.97. The van der Waals surface area contributed by atoms with Gasteiger partial charge in [-0.2, -0.15) is 0 Å². The molecule has 0 spiro atoms. The highest BCUT2D eigenvalue weighted by Gasteiger charge is 2.06. The molecule has 3 nitrogen and oxygen atoms in total. The molecule has 3 rings (SSSR count). The summed E-state index contributed by atoms with van der Waals surface area (Å²) < 4.78 is 0. The Morgan fingerprint density at radius 2 is 1.55 bits per heavy atom. The van der Waals surface area contributed by atoms with Crippen LogP contribution in [0.4, 0.5) is 11.5 Å². The van der Waals surface area contributed by atoms with Gasteiger partial charge in [0.15, 0.2) is 0 Å². The lowest BCUT2D eigenvalue weighted by molar-refractivity contribution is 1.21. The van der Waals surface area contributed by atoms with Gasteiger partial charge in [-0.3, -0.25) is 0 Å². The summed E-state index contributed by atoms with van der Waals surface area (Å²) in [4.78, 5) is 8.72. The van der Waals surface area contributed by atoms with E-state index in [-0.39, 0.29) is 0 Å². The van der Waals surface area contributed by atoms with Crippen LogP contribution in [0.2, 0.25) is 0 Å². The zero-order chi connectivity index (χ0) is 14.1. The van der Waals surface area contributed by atoms with E-state index in [1.807, 2.05) is 0 Å². The van der Waals surface area contributed by atoms with Gasteiger partial charge in [-0.1, -0.05) is 17.7 Å². The molecule has 2 aromatic carbocycles. The van der Waals surface area contributed by atoms with Gasteiger partial charge < -0.3 is 5.32 Å². The maximum absolute atomic E-state index is 4.37. The van der Waals surface area contributed by atoms with Crippen LogP contribution in [0.15, 0.2) is 42.7 Å². The molecule has 1 N–H and O–H groups in total. The third-order valence-corrected chi connectivity index (χ3v) is 3.57. The van der Waals surface area contributed by atoms with Gasteiger partial charge in [-0.05, 0) is 56.2 Å². The molecule has 0 fully saturated rings. The van der Waals surface area contributed by atoms with E-state index in [4.69, 9.17) is 0 Å². The summed E-state index contributed by atoms with van der Waals surface area (Å²) in [6.45, 7) is 6.29. The van der Waals surface area contributed by atoms with Crippen LogP contribution >= 0.6 is 0 Å². The van der Waals surface area contributed by atoms with Crippen molar-refractivity contribution in [2.75, 3.05) is 5.32 Å². The Hall–Kier alpha value is -2.42. The van der Waals surface area contributed by atoms with E-state index in [1.165, 1.54) is 16.7 Å². The first-order chi connectivity index (χ1) is 9.63. The van der Waals surface area contributed by atoms with Crippen LogP contribution in [0.25, 0.3) is 10.9 Å². The number of benzene rings is 2. The second-order valence-electron chi connectivity index (χ2n) is 5.17. The number of hydrogen-bond acceptors (Lipinski definition) is 3. The highest BCUT2D eigenvalue weighted by atomic mass is 15.0. The number of fused-ring (bicyclic) bond motifs is 1. The number of aromatic nitrogens is 2. The average molecular weight is 263 g/mol. The monoisotopic (exact) mass is 263 g/mol. The lowest BCUT2D eigenvalue weighted by atomic mass is 10.1. The molecule has 0 amide bonds. The van der Waals surface area contributed by atoms with Crippen molar-refractivity contribution in [3.63, 3.8) is 0 Å². The Morgan fingerprint density at radius 3 is 2.30 bits per heavy atom. The van der Waals surface area contributed by atoms with E-state index in [2.05, 4.69) is 72.5 Å². The second-order valence-corrected chi connectivity index (χ2v) is 5.17. The predicted molar refractivity (Wildman–Crippen MR) is 83.5 cm³/mol. The number of nitrogens with one attached hydrogen (secondary N) is 1. The number of hydrogen-bond donors (Lipinski definition) is 1. The summed E-state index contributed by atoms with van der Waals surface area (Å²) in [5, 5.41) is 4.42. The van der Waals surface area contributed by atoms with Crippen LogP contribution in [-0.4, -0.2) is 9.97 Å². The molecule has 0 radical (unpaired) electrons. The molecule has 0 saturated carbocycles. The van der Waals surface area contributed by atoms with Crippen molar-refractivity contribution in [3.8, 4) is 0 Å². The molecule has 0 atom stereocenters.